The van der Waals surface area contributed by atoms with Gasteiger partial charge in [-0.25, -0.2) is 0 Å². The molecule has 0 fully saturated rings. The van der Waals surface area contributed by atoms with Gasteiger partial charge in [0.2, 0.25) is 0 Å². The first kappa shape index (κ1) is 7.26. The minimum absolute atomic E-state index is 0.712. The van der Waals surface area contributed by atoms with Crippen LogP contribution in [0.4, 0.5) is 0 Å². The summed E-state index contributed by atoms with van der Waals surface area (Å²) in [5.41, 5.74) is 3.32. The molecular weight excluding hydrogens is 122 g/mol. The Balaban J connectivity index is 2.62. The Bertz CT molecular complexity index is 209. The summed E-state index contributed by atoms with van der Waals surface area (Å²) < 4.78 is 0. The third-order valence-corrected chi connectivity index (χ3v) is 1.82. The third kappa shape index (κ3) is 1.56. The summed E-state index contributed by atoms with van der Waals surface area (Å²) in [7, 11) is 0. The number of rotatable bonds is 1. The lowest BCUT2D eigenvalue weighted by atomic mass is 9.98. The summed E-state index contributed by atoms with van der Waals surface area (Å²) in [6.45, 7) is 3.98. The van der Waals surface area contributed by atoms with Gasteiger partial charge in [-0.3, -0.25) is 0 Å². The Hall–Kier alpha value is -0.850. The molecule has 0 heterocycles. The average molecular weight is 135 g/mol. The van der Waals surface area contributed by atoms with E-state index in [1.54, 1.807) is 0 Å². The molecule has 0 unspecified atom stereocenters. The van der Waals surface area contributed by atoms with Gasteiger partial charge in [-0.05, 0) is 32.3 Å². The van der Waals surface area contributed by atoms with Crippen LogP contribution in [0.5, 0.6) is 0 Å². The Morgan fingerprint density at radius 2 is 2.10 bits per heavy atom. The van der Waals surface area contributed by atoms with Crippen molar-refractivity contribution in [3.05, 3.63) is 23.3 Å². The van der Waals surface area contributed by atoms with Crippen LogP contribution in [0.1, 0.15) is 26.7 Å². The van der Waals surface area contributed by atoms with Crippen molar-refractivity contribution >= 4 is 5.71 Å². The molecule has 10 heavy (non-hydrogen) atoms. The maximum Gasteiger partial charge on any atom is 0.0314 e. The van der Waals surface area contributed by atoms with E-state index in [0.717, 1.165) is 12.8 Å². The van der Waals surface area contributed by atoms with E-state index in [1.807, 2.05) is 6.92 Å². The first-order valence-electron chi connectivity index (χ1n) is 3.60. The van der Waals surface area contributed by atoms with Crippen LogP contribution >= 0.6 is 0 Å². The molecule has 0 saturated carbocycles. The van der Waals surface area contributed by atoms with Crippen LogP contribution in [0.15, 0.2) is 23.3 Å². The van der Waals surface area contributed by atoms with Gasteiger partial charge in [-0.2, -0.15) is 0 Å². The van der Waals surface area contributed by atoms with Gasteiger partial charge < -0.3 is 5.41 Å². The lowest BCUT2D eigenvalue weighted by molar-refractivity contribution is 1.08. The van der Waals surface area contributed by atoms with E-state index in [-0.39, 0.29) is 0 Å². The molecule has 0 amide bonds. The normalized spacial score (nSPS) is 17.8. The van der Waals surface area contributed by atoms with Crippen molar-refractivity contribution in [1.82, 2.24) is 0 Å². The lowest BCUT2D eigenvalue weighted by Gasteiger charge is -2.08. The molecule has 1 nitrogen and oxygen atoms in total. The van der Waals surface area contributed by atoms with Crippen molar-refractivity contribution in [2.45, 2.75) is 26.7 Å². The molecule has 0 aromatic rings. The van der Waals surface area contributed by atoms with Crippen molar-refractivity contribution in [3.8, 4) is 0 Å². The summed E-state index contributed by atoms with van der Waals surface area (Å²) in [5.74, 6) is 0. The molecule has 1 aliphatic rings. The van der Waals surface area contributed by atoms with Crippen molar-refractivity contribution in [1.29, 1.82) is 5.41 Å². The van der Waals surface area contributed by atoms with Crippen LogP contribution in [0.25, 0.3) is 0 Å². The summed E-state index contributed by atoms with van der Waals surface area (Å²) >= 11 is 0. The molecular formula is C9H13N. The smallest absolute Gasteiger partial charge is 0.0314 e. The molecule has 54 valence electrons. The predicted molar refractivity (Wildman–Crippen MR) is 44.5 cm³/mol. The van der Waals surface area contributed by atoms with E-state index < -0.39 is 0 Å². The topological polar surface area (TPSA) is 23.9 Å². The Morgan fingerprint density at radius 3 is 2.50 bits per heavy atom. The van der Waals surface area contributed by atoms with Crippen LogP contribution in [0.3, 0.4) is 0 Å². The third-order valence-electron chi connectivity index (χ3n) is 1.82. The zero-order chi connectivity index (χ0) is 7.56. The van der Waals surface area contributed by atoms with E-state index in [4.69, 9.17) is 5.41 Å². The van der Waals surface area contributed by atoms with Crippen molar-refractivity contribution in [3.63, 3.8) is 0 Å². The molecule has 1 N–H and O–H groups in total. The summed E-state index contributed by atoms with van der Waals surface area (Å²) in [4.78, 5) is 0. The quantitative estimate of drug-likeness (QED) is 0.422. The van der Waals surface area contributed by atoms with E-state index in [2.05, 4.69) is 19.1 Å². The van der Waals surface area contributed by atoms with Gasteiger partial charge >= 0.3 is 0 Å². The lowest BCUT2D eigenvalue weighted by Crippen LogP contribution is -1.98. The number of hydrogen-bond acceptors (Lipinski definition) is 1. The summed E-state index contributed by atoms with van der Waals surface area (Å²) in [5, 5.41) is 7.36. The molecule has 1 aliphatic carbocycles. The molecule has 0 aromatic carbocycles. The second-order valence-electron chi connectivity index (χ2n) is 2.81. The molecule has 1 rings (SSSR count). The van der Waals surface area contributed by atoms with E-state index in [0.29, 0.717) is 5.71 Å². The van der Waals surface area contributed by atoms with E-state index in [9.17, 15) is 0 Å². The van der Waals surface area contributed by atoms with Crippen molar-refractivity contribution in [2.75, 3.05) is 0 Å². The standard InChI is InChI=1S/C9H13N/c1-7-3-5-9(6-4-7)8(2)10/h3,6,10H,4-5H2,1-2H3. The van der Waals surface area contributed by atoms with Crippen LogP contribution < -0.4 is 0 Å². The summed E-state index contributed by atoms with van der Waals surface area (Å²) in [6.07, 6.45) is 6.34. The van der Waals surface area contributed by atoms with Crippen LogP contribution in [-0.2, 0) is 0 Å². The fourth-order valence-corrected chi connectivity index (χ4v) is 1.04. The molecule has 0 bridgehead atoms. The zero-order valence-electron chi connectivity index (χ0n) is 6.57. The highest BCUT2D eigenvalue weighted by molar-refractivity contribution is 5.96. The van der Waals surface area contributed by atoms with Gasteiger partial charge in [-0.1, -0.05) is 17.7 Å². The number of allylic oxidation sites excluding steroid dienone is 4. The van der Waals surface area contributed by atoms with Crippen LogP contribution in [-0.4, -0.2) is 5.71 Å². The fourth-order valence-electron chi connectivity index (χ4n) is 1.04. The van der Waals surface area contributed by atoms with Crippen LogP contribution in [0, 0.1) is 5.41 Å². The molecule has 0 aliphatic heterocycles. The van der Waals surface area contributed by atoms with Crippen molar-refractivity contribution < 1.29 is 0 Å². The zero-order valence-corrected chi connectivity index (χ0v) is 6.57. The average Bonchev–Trinajstić information content (AvgIpc) is 1.88. The van der Waals surface area contributed by atoms with Gasteiger partial charge in [0.05, 0.1) is 0 Å². The highest BCUT2D eigenvalue weighted by atomic mass is 14.4. The second-order valence-corrected chi connectivity index (χ2v) is 2.81. The number of nitrogens with one attached hydrogen (secondary N) is 1. The Labute approximate surface area is 62.0 Å². The second kappa shape index (κ2) is 2.82. The molecule has 0 spiro atoms. The highest BCUT2D eigenvalue weighted by Crippen LogP contribution is 2.16. The first-order chi connectivity index (χ1) is 4.70. The first-order valence-corrected chi connectivity index (χ1v) is 3.60. The molecule has 0 aromatic heterocycles. The molecule has 0 atom stereocenters. The largest absolute Gasteiger partial charge is 0.305 e. The maximum atomic E-state index is 7.36. The van der Waals surface area contributed by atoms with Crippen LogP contribution in [0.2, 0.25) is 0 Å². The van der Waals surface area contributed by atoms with Crippen molar-refractivity contribution in [2.24, 2.45) is 0 Å². The Morgan fingerprint density at radius 1 is 1.40 bits per heavy atom. The fraction of sp³-hybridized carbons (Fsp3) is 0.444. The van der Waals surface area contributed by atoms with Gasteiger partial charge in [0.15, 0.2) is 0 Å². The predicted octanol–water partition coefficient (Wildman–Crippen LogP) is 2.69. The molecule has 1 heteroatoms. The molecule has 0 radical (unpaired) electrons. The van der Waals surface area contributed by atoms with Gasteiger partial charge in [-0.15, -0.1) is 0 Å². The molecule has 0 saturated heterocycles. The maximum absolute atomic E-state index is 7.36. The minimum atomic E-state index is 0.712. The van der Waals surface area contributed by atoms with Gasteiger partial charge in [0.1, 0.15) is 0 Å². The van der Waals surface area contributed by atoms with Gasteiger partial charge in [0.25, 0.3) is 0 Å². The minimum Gasteiger partial charge on any atom is -0.305 e. The van der Waals surface area contributed by atoms with E-state index in [1.165, 1.54) is 11.1 Å². The Kier molecular flexibility index (Phi) is 2.05. The van der Waals surface area contributed by atoms with E-state index >= 15 is 0 Å². The SMILES string of the molecule is CC(=N)C1=CCC(C)=CC1. The number of hydrogen-bond donors (Lipinski definition) is 1. The highest BCUT2D eigenvalue weighted by Gasteiger charge is 2.02. The summed E-state index contributed by atoms with van der Waals surface area (Å²) in [6, 6.07) is 0. The van der Waals surface area contributed by atoms with Gasteiger partial charge in [0, 0.05) is 5.71 Å². The monoisotopic (exact) mass is 135 g/mol.